The molecule has 1 heterocycles. The Morgan fingerprint density at radius 2 is 2.12 bits per heavy atom. The lowest BCUT2D eigenvalue weighted by atomic mass is 10.1. The van der Waals surface area contributed by atoms with Gasteiger partial charge in [0.25, 0.3) is 5.91 Å². The second-order valence-corrected chi connectivity index (χ2v) is 6.48. The summed E-state index contributed by atoms with van der Waals surface area (Å²) in [6.45, 7) is 7.41. The molecule has 2 aromatic rings. The number of ether oxygens (including phenoxy) is 1. The first-order chi connectivity index (χ1) is 12.0. The SMILES string of the molecule is C=CCNC(=O)[C@@H](C)OC(=O)/C(=C/c1cccc(C)c1)c1cccs1. The second kappa shape index (κ2) is 8.99. The Labute approximate surface area is 151 Å². The summed E-state index contributed by atoms with van der Waals surface area (Å²) in [5.74, 6) is -0.875. The van der Waals surface area contributed by atoms with Gasteiger partial charge in [-0.05, 0) is 36.9 Å². The highest BCUT2D eigenvalue weighted by molar-refractivity contribution is 7.11. The Kier molecular flexibility index (Phi) is 6.71. The first-order valence-electron chi connectivity index (χ1n) is 7.93. The molecule has 130 valence electrons. The maximum absolute atomic E-state index is 12.6. The molecule has 0 aliphatic carbocycles. The molecule has 0 fully saturated rings. The van der Waals surface area contributed by atoms with Crippen LogP contribution in [-0.2, 0) is 14.3 Å². The fourth-order valence-electron chi connectivity index (χ4n) is 2.18. The number of amides is 1. The van der Waals surface area contributed by atoms with E-state index in [0.717, 1.165) is 16.0 Å². The van der Waals surface area contributed by atoms with Gasteiger partial charge in [-0.2, -0.15) is 0 Å². The van der Waals surface area contributed by atoms with E-state index in [1.165, 1.54) is 11.3 Å². The van der Waals surface area contributed by atoms with Crippen molar-refractivity contribution in [3.8, 4) is 0 Å². The molecule has 2 rings (SSSR count). The maximum atomic E-state index is 12.6. The number of hydrogen-bond acceptors (Lipinski definition) is 4. The summed E-state index contributed by atoms with van der Waals surface area (Å²) in [5.41, 5.74) is 2.44. The second-order valence-electron chi connectivity index (χ2n) is 5.53. The highest BCUT2D eigenvalue weighted by Crippen LogP contribution is 2.25. The third kappa shape index (κ3) is 5.43. The minimum atomic E-state index is -0.881. The number of aryl methyl sites for hydroxylation is 1. The molecule has 1 aromatic heterocycles. The number of thiophene rings is 1. The van der Waals surface area contributed by atoms with Crippen molar-refractivity contribution in [2.45, 2.75) is 20.0 Å². The minimum absolute atomic E-state index is 0.331. The average molecular weight is 355 g/mol. The lowest BCUT2D eigenvalue weighted by molar-refractivity contribution is -0.149. The van der Waals surface area contributed by atoms with Gasteiger partial charge in [0.05, 0.1) is 5.57 Å². The Balaban J connectivity index is 2.23. The van der Waals surface area contributed by atoms with Gasteiger partial charge in [-0.15, -0.1) is 17.9 Å². The third-order valence-electron chi connectivity index (χ3n) is 3.43. The molecule has 0 saturated heterocycles. The van der Waals surface area contributed by atoms with E-state index in [9.17, 15) is 9.59 Å². The van der Waals surface area contributed by atoms with E-state index in [1.54, 1.807) is 19.1 Å². The average Bonchev–Trinajstić information content (AvgIpc) is 3.11. The van der Waals surface area contributed by atoms with E-state index in [2.05, 4.69) is 11.9 Å². The van der Waals surface area contributed by atoms with Crippen LogP contribution >= 0.6 is 11.3 Å². The summed E-state index contributed by atoms with van der Waals surface area (Å²) in [7, 11) is 0. The topological polar surface area (TPSA) is 55.4 Å². The number of rotatable bonds is 7. The van der Waals surface area contributed by atoms with Crippen LogP contribution in [0.5, 0.6) is 0 Å². The molecule has 0 saturated carbocycles. The first kappa shape index (κ1) is 18.7. The van der Waals surface area contributed by atoms with E-state index in [-0.39, 0.29) is 5.91 Å². The lowest BCUT2D eigenvalue weighted by Crippen LogP contribution is -2.35. The summed E-state index contributed by atoms with van der Waals surface area (Å²) < 4.78 is 5.35. The number of carbonyl (C=O) groups is 2. The van der Waals surface area contributed by atoms with Gasteiger partial charge in [-0.25, -0.2) is 4.79 Å². The van der Waals surface area contributed by atoms with Crippen molar-refractivity contribution < 1.29 is 14.3 Å². The van der Waals surface area contributed by atoms with Crippen molar-refractivity contribution in [2.24, 2.45) is 0 Å². The molecule has 25 heavy (non-hydrogen) atoms. The number of esters is 1. The lowest BCUT2D eigenvalue weighted by Gasteiger charge is -2.14. The first-order valence-corrected chi connectivity index (χ1v) is 8.81. The van der Waals surface area contributed by atoms with Crippen molar-refractivity contribution in [2.75, 3.05) is 6.54 Å². The van der Waals surface area contributed by atoms with Crippen LogP contribution in [0.15, 0.2) is 54.4 Å². The van der Waals surface area contributed by atoms with Crippen LogP contribution in [0.25, 0.3) is 11.6 Å². The molecule has 1 aromatic carbocycles. The van der Waals surface area contributed by atoms with Gasteiger partial charge in [-0.1, -0.05) is 42.0 Å². The van der Waals surface area contributed by atoms with Crippen molar-refractivity contribution in [1.29, 1.82) is 0 Å². The van der Waals surface area contributed by atoms with Gasteiger partial charge in [0.1, 0.15) is 0 Å². The normalized spacial score (nSPS) is 12.3. The molecule has 0 unspecified atom stereocenters. The standard InChI is InChI=1S/C20H21NO3S/c1-4-10-21-19(22)15(3)24-20(23)17(18-9-6-11-25-18)13-16-8-5-7-14(2)12-16/h4-9,11-13,15H,1,10H2,2-3H3,(H,21,22)/b17-13+/t15-/m1/s1. The Bertz CT molecular complexity index is 778. The number of hydrogen-bond donors (Lipinski definition) is 1. The van der Waals surface area contributed by atoms with Crippen molar-refractivity contribution in [3.63, 3.8) is 0 Å². The summed E-state index contributed by atoms with van der Waals surface area (Å²) in [5, 5.41) is 4.51. The summed E-state index contributed by atoms with van der Waals surface area (Å²) in [6.07, 6.45) is 2.48. The van der Waals surface area contributed by atoms with Crippen LogP contribution in [0.1, 0.15) is 22.9 Å². The predicted octanol–water partition coefficient (Wildman–Crippen LogP) is 3.83. The fourth-order valence-corrected chi connectivity index (χ4v) is 2.91. The number of carbonyl (C=O) groups excluding carboxylic acids is 2. The molecule has 0 bridgehead atoms. The molecule has 4 nitrogen and oxygen atoms in total. The van der Waals surface area contributed by atoms with Gasteiger partial charge >= 0.3 is 5.97 Å². The number of nitrogens with one attached hydrogen (secondary N) is 1. The smallest absolute Gasteiger partial charge is 0.340 e. The Hall–Kier alpha value is -2.66. The third-order valence-corrected chi connectivity index (χ3v) is 4.34. The zero-order valence-corrected chi connectivity index (χ0v) is 15.1. The number of benzene rings is 1. The molecular formula is C20H21NO3S. The maximum Gasteiger partial charge on any atom is 0.340 e. The van der Waals surface area contributed by atoms with Crippen LogP contribution in [0, 0.1) is 6.92 Å². The van der Waals surface area contributed by atoms with Crippen molar-refractivity contribution in [1.82, 2.24) is 5.32 Å². The summed E-state index contributed by atoms with van der Waals surface area (Å²) >= 11 is 1.45. The van der Waals surface area contributed by atoms with E-state index in [4.69, 9.17) is 4.74 Å². The van der Waals surface area contributed by atoms with Gasteiger partial charge in [0, 0.05) is 11.4 Å². The molecule has 1 N–H and O–H groups in total. The minimum Gasteiger partial charge on any atom is -0.449 e. The zero-order valence-electron chi connectivity index (χ0n) is 14.3. The molecule has 5 heteroatoms. The molecule has 0 aliphatic heterocycles. The quantitative estimate of drug-likeness (QED) is 0.466. The molecule has 1 atom stereocenters. The van der Waals surface area contributed by atoms with Gasteiger partial charge in [0.2, 0.25) is 0 Å². The highest BCUT2D eigenvalue weighted by atomic mass is 32.1. The highest BCUT2D eigenvalue weighted by Gasteiger charge is 2.21. The molecular weight excluding hydrogens is 334 g/mol. The molecule has 0 aliphatic rings. The van der Waals surface area contributed by atoms with Crippen LogP contribution in [0.3, 0.4) is 0 Å². The molecule has 0 spiro atoms. The largest absolute Gasteiger partial charge is 0.449 e. The molecule has 0 radical (unpaired) electrons. The van der Waals surface area contributed by atoms with E-state index < -0.39 is 12.1 Å². The van der Waals surface area contributed by atoms with Gasteiger partial charge in [-0.3, -0.25) is 4.79 Å². The Morgan fingerprint density at radius 3 is 2.76 bits per heavy atom. The fraction of sp³-hybridized carbons (Fsp3) is 0.200. The van der Waals surface area contributed by atoms with E-state index >= 15 is 0 Å². The summed E-state index contributed by atoms with van der Waals surface area (Å²) in [6, 6.07) is 11.6. The zero-order chi connectivity index (χ0) is 18.2. The van der Waals surface area contributed by atoms with Crippen molar-refractivity contribution in [3.05, 3.63) is 70.4 Å². The predicted molar refractivity (Wildman–Crippen MR) is 102 cm³/mol. The van der Waals surface area contributed by atoms with Crippen LogP contribution in [-0.4, -0.2) is 24.5 Å². The van der Waals surface area contributed by atoms with Crippen molar-refractivity contribution >= 4 is 34.9 Å². The van der Waals surface area contributed by atoms with Crippen LogP contribution in [0.4, 0.5) is 0 Å². The molecule has 1 amide bonds. The monoisotopic (exact) mass is 355 g/mol. The van der Waals surface area contributed by atoms with Gasteiger partial charge < -0.3 is 10.1 Å². The van der Waals surface area contributed by atoms with E-state index in [0.29, 0.717) is 12.1 Å². The summed E-state index contributed by atoms with van der Waals surface area (Å²) in [4.78, 5) is 25.3. The van der Waals surface area contributed by atoms with Crippen LogP contribution in [0.2, 0.25) is 0 Å². The van der Waals surface area contributed by atoms with E-state index in [1.807, 2.05) is 48.7 Å². The van der Waals surface area contributed by atoms with Gasteiger partial charge in [0.15, 0.2) is 6.10 Å². The van der Waals surface area contributed by atoms with Crippen LogP contribution < -0.4 is 5.32 Å². The Morgan fingerprint density at radius 1 is 1.32 bits per heavy atom.